The molecule has 0 aromatic heterocycles. The third kappa shape index (κ3) is 5.81. The van der Waals surface area contributed by atoms with Gasteiger partial charge in [0.25, 0.3) is 5.91 Å². The van der Waals surface area contributed by atoms with Gasteiger partial charge >= 0.3 is 0 Å². The normalized spacial score (nSPS) is 22.1. The molecule has 0 spiro atoms. The van der Waals surface area contributed by atoms with E-state index < -0.39 is 0 Å². The van der Waals surface area contributed by atoms with Gasteiger partial charge in [-0.3, -0.25) is 9.69 Å². The third-order valence-electron chi connectivity index (χ3n) is 5.83. The molecule has 172 valence electrons. The minimum atomic E-state index is -0.242. The molecule has 4 rings (SSSR count). The lowest BCUT2D eigenvalue weighted by atomic mass is 10.0. The van der Waals surface area contributed by atoms with Crippen LogP contribution in [-0.4, -0.2) is 48.3 Å². The predicted octanol–water partition coefficient (Wildman–Crippen LogP) is 3.70. The molecule has 2 aromatic carbocycles. The second-order valence-electron chi connectivity index (χ2n) is 9.62. The Morgan fingerprint density at radius 3 is 2.50 bits per heavy atom. The number of hydrogen-bond acceptors (Lipinski definition) is 5. The summed E-state index contributed by atoms with van der Waals surface area (Å²) in [7, 11) is 0. The lowest BCUT2D eigenvalue weighted by Crippen LogP contribution is -2.44. The van der Waals surface area contributed by atoms with Crippen molar-refractivity contribution < 1.29 is 19.0 Å². The fraction of sp³-hybridized carbons (Fsp3) is 0.500. The van der Waals surface area contributed by atoms with Crippen molar-refractivity contribution in [2.24, 2.45) is 0 Å². The van der Waals surface area contributed by atoms with E-state index in [1.165, 1.54) is 5.56 Å². The number of para-hydroxylation sites is 1. The van der Waals surface area contributed by atoms with Crippen LogP contribution >= 0.6 is 0 Å². The molecular formula is C26H34N2O4. The van der Waals surface area contributed by atoms with E-state index in [1.54, 1.807) is 0 Å². The molecule has 1 fully saturated rings. The molecule has 2 aliphatic rings. The molecule has 6 heteroatoms. The first-order chi connectivity index (χ1) is 15.3. The highest BCUT2D eigenvalue weighted by Gasteiger charge is 2.32. The zero-order valence-electron chi connectivity index (χ0n) is 19.5. The van der Waals surface area contributed by atoms with Gasteiger partial charge in [-0.2, -0.15) is 0 Å². The third-order valence-corrected chi connectivity index (χ3v) is 5.83. The van der Waals surface area contributed by atoms with Crippen LogP contribution in [0.1, 0.15) is 44.4 Å². The standard InChI is InChI=1S/C26H34N2O4/c1-18-14-28(15-19(2)31-18)16-21-10-8-20(9-11-21)13-27-24(29)17-30-23-7-5-6-22-12-26(3,4)32-25(22)23/h5-11,18-19H,12-17H2,1-4H3,(H,27,29). The largest absolute Gasteiger partial charge is 0.483 e. The Kier molecular flexibility index (Phi) is 6.72. The summed E-state index contributed by atoms with van der Waals surface area (Å²) < 4.78 is 17.6. The fourth-order valence-electron chi connectivity index (χ4n) is 4.53. The highest BCUT2D eigenvalue weighted by Crippen LogP contribution is 2.41. The Balaban J connectivity index is 1.23. The molecule has 0 saturated carbocycles. The van der Waals surface area contributed by atoms with Gasteiger partial charge in [-0.1, -0.05) is 36.4 Å². The fourth-order valence-corrected chi connectivity index (χ4v) is 4.53. The molecule has 0 bridgehead atoms. The van der Waals surface area contributed by atoms with Crippen LogP contribution in [0.2, 0.25) is 0 Å². The maximum absolute atomic E-state index is 12.3. The number of benzene rings is 2. The monoisotopic (exact) mass is 438 g/mol. The Hall–Kier alpha value is -2.57. The quantitative estimate of drug-likeness (QED) is 0.714. The first kappa shape index (κ1) is 22.6. The zero-order chi connectivity index (χ0) is 22.7. The molecule has 2 aromatic rings. The summed E-state index contributed by atoms with van der Waals surface area (Å²) in [6, 6.07) is 14.2. The van der Waals surface area contributed by atoms with Gasteiger partial charge in [0, 0.05) is 38.2 Å². The maximum Gasteiger partial charge on any atom is 0.258 e. The van der Waals surface area contributed by atoms with E-state index in [4.69, 9.17) is 14.2 Å². The van der Waals surface area contributed by atoms with Crippen molar-refractivity contribution in [1.82, 2.24) is 10.2 Å². The predicted molar refractivity (Wildman–Crippen MR) is 124 cm³/mol. The van der Waals surface area contributed by atoms with Crippen LogP contribution in [0.25, 0.3) is 0 Å². The number of morpholine rings is 1. The van der Waals surface area contributed by atoms with E-state index in [-0.39, 0.29) is 30.3 Å². The molecular weight excluding hydrogens is 404 g/mol. The highest BCUT2D eigenvalue weighted by atomic mass is 16.5. The number of rotatable bonds is 7. The van der Waals surface area contributed by atoms with Crippen molar-refractivity contribution in [3.63, 3.8) is 0 Å². The molecule has 6 nitrogen and oxygen atoms in total. The summed E-state index contributed by atoms with van der Waals surface area (Å²) in [6.07, 6.45) is 1.38. The summed E-state index contributed by atoms with van der Waals surface area (Å²) >= 11 is 0. The van der Waals surface area contributed by atoms with Crippen LogP contribution in [0.5, 0.6) is 11.5 Å². The van der Waals surface area contributed by atoms with Gasteiger partial charge in [-0.05, 0) is 44.9 Å². The molecule has 2 unspecified atom stereocenters. The van der Waals surface area contributed by atoms with Crippen molar-refractivity contribution in [2.75, 3.05) is 19.7 Å². The first-order valence-corrected chi connectivity index (χ1v) is 11.4. The van der Waals surface area contributed by atoms with Crippen molar-refractivity contribution in [3.8, 4) is 11.5 Å². The number of carbonyl (C=O) groups is 1. The van der Waals surface area contributed by atoms with Crippen LogP contribution < -0.4 is 14.8 Å². The molecule has 1 N–H and O–H groups in total. The van der Waals surface area contributed by atoms with Gasteiger partial charge in [-0.25, -0.2) is 0 Å². The van der Waals surface area contributed by atoms with E-state index in [0.717, 1.165) is 42.9 Å². The minimum absolute atomic E-state index is 0.0360. The van der Waals surface area contributed by atoms with Gasteiger partial charge < -0.3 is 19.5 Å². The smallest absolute Gasteiger partial charge is 0.258 e. The van der Waals surface area contributed by atoms with Gasteiger partial charge in [0.15, 0.2) is 18.1 Å². The lowest BCUT2D eigenvalue weighted by molar-refractivity contribution is -0.123. The van der Waals surface area contributed by atoms with E-state index in [2.05, 4.69) is 62.2 Å². The first-order valence-electron chi connectivity index (χ1n) is 11.4. The van der Waals surface area contributed by atoms with Gasteiger partial charge in [0.2, 0.25) is 0 Å². The summed E-state index contributed by atoms with van der Waals surface area (Å²) in [4.78, 5) is 14.7. The Bertz CT molecular complexity index is 931. The Morgan fingerprint density at radius 1 is 1.09 bits per heavy atom. The topological polar surface area (TPSA) is 60.0 Å². The molecule has 0 aliphatic carbocycles. The Labute approximate surface area is 190 Å². The number of carbonyl (C=O) groups excluding carboxylic acids is 1. The maximum atomic E-state index is 12.3. The molecule has 2 aliphatic heterocycles. The molecule has 2 heterocycles. The van der Waals surface area contributed by atoms with Crippen LogP contribution in [0, 0.1) is 0 Å². The number of fused-ring (bicyclic) bond motifs is 1. The van der Waals surface area contributed by atoms with Crippen LogP contribution in [0.3, 0.4) is 0 Å². The highest BCUT2D eigenvalue weighted by molar-refractivity contribution is 5.77. The van der Waals surface area contributed by atoms with E-state index in [9.17, 15) is 4.79 Å². The van der Waals surface area contributed by atoms with E-state index in [1.807, 2.05) is 18.2 Å². The van der Waals surface area contributed by atoms with E-state index >= 15 is 0 Å². The van der Waals surface area contributed by atoms with Gasteiger partial charge in [-0.15, -0.1) is 0 Å². The van der Waals surface area contributed by atoms with Crippen molar-refractivity contribution in [2.45, 2.75) is 65.0 Å². The van der Waals surface area contributed by atoms with Crippen molar-refractivity contribution >= 4 is 5.91 Å². The average Bonchev–Trinajstić information content (AvgIpc) is 3.05. The second-order valence-corrected chi connectivity index (χ2v) is 9.62. The molecule has 1 saturated heterocycles. The number of amides is 1. The number of nitrogens with one attached hydrogen (secondary N) is 1. The van der Waals surface area contributed by atoms with Crippen LogP contribution in [0.15, 0.2) is 42.5 Å². The summed E-state index contributed by atoms with van der Waals surface area (Å²) in [5.41, 5.74) is 3.21. The van der Waals surface area contributed by atoms with Crippen molar-refractivity contribution in [3.05, 3.63) is 59.2 Å². The molecule has 0 radical (unpaired) electrons. The molecule has 32 heavy (non-hydrogen) atoms. The van der Waals surface area contributed by atoms with Gasteiger partial charge in [0.1, 0.15) is 5.60 Å². The number of hydrogen-bond donors (Lipinski definition) is 1. The molecule has 1 amide bonds. The SMILES string of the molecule is CC1CN(Cc2ccc(CNC(=O)COc3cccc4c3OC(C)(C)C4)cc2)CC(C)O1. The van der Waals surface area contributed by atoms with Gasteiger partial charge in [0.05, 0.1) is 12.2 Å². The summed E-state index contributed by atoms with van der Waals surface area (Å²) in [6.45, 7) is 11.6. The van der Waals surface area contributed by atoms with Crippen molar-refractivity contribution in [1.29, 1.82) is 0 Å². The average molecular weight is 439 g/mol. The van der Waals surface area contributed by atoms with Crippen LogP contribution in [-0.2, 0) is 29.0 Å². The number of nitrogens with zero attached hydrogens (tertiary/aromatic N) is 1. The van der Waals surface area contributed by atoms with E-state index in [0.29, 0.717) is 12.3 Å². The summed E-state index contributed by atoms with van der Waals surface area (Å²) in [5, 5.41) is 2.93. The second kappa shape index (κ2) is 9.51. The Morgan fingerprint density at radius 2 is 1.78 bits per heavy atom. The molecule has 2 atom stereocenters. The summed E-state index contributed by atoms with van der Waals surface area (Å²) in [5.74, 6) is 1.23. The number of ether oxygens (including phenoxy) is 3. The van der Waals surface area contributed by atoms with Crippen LogP contribution in [0.4, 0.5) is 0 Å². The minimum Gasteiger partial charge on any atom is -0.483 e. The zero-order valence-corrected chi connectivity index (χ0v) is 19.5. The lowest BCUT2D eigenvalue weighted by Gasteiger charge is -2.35.